The zero-order valence-corrected chi connectivity index (χ0v) is 18.0. The van der Waals surface area contributed by atoms with Gasteiger partial charge in [0.05, 0.1) is 5.69 Å². The molecule has 0 saturated heterocycles. The summed E-state index contributed by atoms with van der Waals surface area (Å²) in [7, 11) is 0. The second-order valence-corrected chi connectivity index (χ2v) is 7.79. The van der Waals surface area contributed by atoms with Crippen LogP contribution in [-0.4, -0.2) is 40.3 Å². The minimum atomic E-state index is -5.94. The summed E-state index contributed by atoms with van der Waals surface area (Å²) in [6.07, 6.45) is -11.9. The molecule has 2 aromatic rings. The molecule has 0 atom stereocenters. The van der Waals surface area contributed by atoms with Gasteiger partial charge in [0, 0.05) is 23.2 Å². The molecule has 32 heavy (non-hydrogen) atoms. The highest BCUT2D eigenvalue weighted by molar-refractivity contribution is 5.99. The van der Waals surface area contributed by atoms with Crippen LogP contribution in [0.2, 0.25) is 0 Å². The van der Waals surface area contributed by atoms with Gasteiger partial charge in [-0.3, -0.25) is 5.43 Å². The van der Waals surface area contributed by atoms with Crippen LogP contribution < -0.4 is 5.43 Å². The Bertz CT molecular complexity index is 884. The van der Waals surface area contributed by atoms with E-state index in [1.165, 1.54) is 0 Å². The smallest absolute Gasteiger partial charge is 0.369 e. The number of hydrogen-bond acceptors (Lipinski definition) is 3. The van der Waals surface area contributed by atoms with E-state index in [2.05, 4.69) is 10.5 Å². The van der Waals surface area contributed by atoms with E-state index < -0.39 is 23.5 Å². The number of hydrogen-bond donors (Lipinski definition) is 2. The average molecular weight is 461 g/mol. The number of anilines is 1. The zero-order valence-electron chi connectivity index (χ0n) is 18.0. The van der Waals surface area contributed by atoms with Gasteiger partial charge in [-0.15, -0.1) is 0 Å². The number of hydrazone groups is 1. The molecule has 0 saturated carbocycles. The quantitative estimate of drug-likeness (QED) is 0.244. The van der Waals surface area contributed by atoms with Crippen molar-refractivity contribution < 1.29 is 31.4 Å². The Labute approximate surface area is 182 Å². The van der Waals surface area contributed by atoms with Crippen LogP contribution in [0.5, 0.6) is 0 Å². The fourth-order valence-corrected chi connectivity index (χ4v) is 3.34. The number of rotatable bonds is 6. The first-order valence-electron chi connectivity index (χ1n) is 9.84. The number of benzene rings is 2. The van der Waals surface area contributed by atoms with Gasteiger partial charge in [0.2, 0.25) is 0 Å². The SMILES string of the molecule is CC(C)N(/C(=N\Nc1ccccc1)c1ccc(C(O)(C(F)(F)F)C(F)(F)F)cc1)C(C)C. The monoisotopic (exact) mass is 461 g/mol. The fourth-order valence-electron chi connectivity index (χ4n) is 3.34. The molecule has 0 aliphatic heterocycles. The van der Waals surface area contributed by atoms with E-state index in [1.54, 1.807) is 24.3 Å². The molecule has 2 rings (SSSR count). The summed E-state index contributed by atoms with van der Waals surface area (Å²) in [5, 5.41) is 14.0. The first-order chi connectivity index (χ1) is 14.7. The van der Waals surface area contributed by atoms with Crippen molar-refractivity contribution in [3.05, 3.63) is 65.7 Å². The van der Waals surface area contributed by atoms with Gasteiger partial charge in [0.25, 0.3) is 5.60 Å². The molecule has 0 radical (unpaired) electrons. The number of nitrogens with one attached hydrogen (secondary N) is 1. The lowest BCUT2D eigenvalue weighted by Crippen LogP contribution is -2.53. The minimum absolute atomic E-state index is 0.0757. The Hall–Kier alpha value is -2.75. The van der Waals surface area contributed by atoms with Crippen molar-refractivity contribution in [3.63, 3.8) is 0 Å². The standard InChI is InChI=1S/C22H25F6N3O/c1-14(2)31(15(3)4)19(30-29-18-8-6-5-7-9-18)16-10-12-17(13-11-16)20(32,21(23,24)25)22(26,27)28/h5-15,29,32H,1-4H3/b30-19-. The molecule has 176 valence electrons. The molecule has 0 heterocycles. The number of aliphatic hydroxyl groups is 1. The molecule has 0 bridgehead atoms. The van der Waals surface area contributed by atoms with Crippen molar-refractivity contribution in [2.75, 3.05) is 5.43 Å². The normalized spacial score (nSPS) is 13.6. The molecular weight excluding hydrogens is 436 g/mol. The highest BCUT2D eigenvalue weighted by Gasteiger charge is 2.71. The van der Waals surface area contributed by atoms with Crippen LogP contribution in [0.3, 0.4) is 0 Å². The molecule has 0 unspecified atom stereocenters. The van der Waals surface area contributed by atoms with Crippen LogP contribution >= 0.6 is 0 Å². The van der Waals surface area contributed by atoms with Gasteiger partial charge in [-0.2, -0.15) is 31.4 Å². The van der Waals surface area contributed by atoms with Gasteiger partial charge in [-0.1, -0.05) is 42.5 Å². The van der Waals surface area contributed by atoms with Crippen molar-refractivity contribution in [1.29, 1.82) is 0 Å². The van der Waals surface area contributed by atoms with E-state index in [1.807, 2.05) is 38.7 Å². The molecule has 4 nitrogen and oxygen atoms in total. The Balaban J connectivity index is 2.55. The third-order valence-electron chi connectivity index (χ3n) is 4.80. The summed E-state index contributed by atoms with van der Waals surface area (Å²) in [6.45, 7) is 7.55. The van der Waals surface area contributed by atoms with Crippen molar-refractivity contribution in [1.82, 2.24) is 4.90 Å². The first kappa shape index (κ1) is 25.5. The first-order valence-corrected chi connectivity index (χ1v) is 9.84. The van der Waals surface area contributed by atoms with Crippen molar-refractivity contribution in [2.45, 2.75) is 57.7 Å². The minimum Gasteiger partial charge on any atom is -0.369 e. The van der Waals surface area contributed by atoms with E-state index in [4.69, 9.17) is 0 Å². The number of alkyl halides is 6. The topological polar surface area (TPSA) is 47.9 Å². The number of amidine groups is 1. The lowest BCUT2D eigenvalue weighted by molar-refractivity contribution is -0.376. The maximum absolute atomic E-state index is 13.2. The Morgan fingerprint density at radius 1 is 0.812 bits per heavy atom. The predicted octanol–water partition coefficient (Wildman–Crippen LogP) is 5.89. The molecule has 0 fully saturated rings. The van der Waals surface area contributed by atoms with Gasteiger partial charge < -0.3 is 10.0 Å². The van der Waals surface area contributed by atoms with Gasteiger partial charge in [0.15, 0.2) is 5.84 Å². The largest absolute Gasteiger partial charge is 0.430 e. The van der Waals surface area contributed by atoms with E-state index in [9.17, 15) is 31.4 Å². The number of halogens is 6. The Morgan fingerprint density at radius 2 is 1.28 bits per heavy atom. The summed E-state index contributed by atoms with van der Waals surface area (Å²) in [5.41, 5.74) is -2.50. The summed E-state index contributed by atoms with van der Waals surface area (Å²) in [5.74, 6) is 0.327. The van der Waals surface area contributed by atoms with E-state index in [0.29, 0.717) is 23.7 Å². The Morgan fingerprint density at radius 3 is 1.69 bits per heavy atom. The van der Waals surface area contributed by atoms with Crippen molar-refractivity contribution in [3.8, 4) is 0 Å². The summed E-state index contributed by atoms with van der Waals surface area (Å²) in [6, 6.07) is 12.1. The van der Waals surface area contributed by atoms with Crippen LogP contribution in [0.15, 0.2) is 59.7 Å². The summed E-state index contributed by atoms with van der Waals surface area (Å²) in [4.78, 5) is 1.87. The van der Waals surface area contributed by atoms with Crippen LogP contribution in [0.4, 0.5) is 32.0 Å². The van der Waals surface area contributed by atoms with Crippen molar-refractivity contribution >= 4 is 11.5 Å². The fraction of sp³-hybridized carbons (Fsp3) is 0.409. The summed E-state index contributed by atoms with van der Waals surface area (Å²) < 4.78 is 79.1. The average Bonchev–Trinajstić information content (AvgIpc) is 2.69. The molecule has 0 aromatic heterocycles. The van der Waals surface area contributed by atoms with Gasteiger partial charge >= 0.3 is 12.4 Å². The van der Waals surface area contributed by atoms with E-state index in [0.717, 1.165) is 12.1 Å². The molecule has 2 N–H and O–H groups in total. The van der Waals surface area contributed by atoms with Gasteiger partial charge in [-0.25, -0.2) is 0 Å². The lowest BCUT2D eigenvalue weighted by Gasteiger charge is -2.35. The summed E-state index contributed by atoms with van der Waals surface area (Å²) >= 11 is 0. The van der Waals surface area contributed by atoms with Gasteiger partial charge in [0.1, 0.15) is 0 Å². The van der Waals surface area contributed by atoms with Crippen LogP contribution in [0, 0.1) is 0 Å². The predicted molar refractivity (Wildman–Crippen MR) is 111 cm³/mol. The van der Waals surface area contributed by atoms with Crippen LogP contribution in [0.1, 0.15) is 38.8 Å². The second-order valence-electron chi connectivity index (χ2n) is 7.79. The molecule has 2 aromatic carbocycles. The maximum atomic E-state index is 13.2. The number of nitrogens with zero attached hydrogens (tertiary/aromatic N) is 2. The van der Waals surface area contributed by atoms with Crippen LogP contribution in [0.25, 0.3) is 0 Å². The van der Waals surface area contributed by atoms with Gasteiger partial charge in [-0.05, 0) is 39.8 Å². The third kappa shape index (κ3) is 5.17. The molecule has 0 aliphatic rings. The van der Waals surface area contributed by atoms with Crippen molar-refractivity contribution in [2.24, 2.45) is 5.10 Å². The molecule has 10 heteroatoms. The third-order valence-corrected chi connectivity index (χ3v) is 4.80. The zero-order chi connectivity index (χ0) is 24.3. The highest BCUT2D eigenvalue weighted by Crippen LogP contribution is 2.50. The lowest BCUT2D eigenvalue weighted by atomic mass is 9.91. The van der Waals surface area contributed by atoms with E-state index >= 15 is 0 Å². The molecular formula is C22H25F6N3O. The Kier molecular flexibility index (Phi) is 7.49. The highest BCUT2D eigenvalue weighted by atomic mass is 19.4. The second kappa shape index (κ2) is 9.40. The molecule has 0 aliphatic carbocycles. The van der Waals surface area contributed by atoms with E-state index in [-0.39, 0.29) is 17.6 Å². The molecule has 0 amide bonds. The number of para-hydroxylation sites is 1. The van der Waals surface area contributed by atoms with Crippen LogP contribution in [-0.2, 0) is 5.60 Å². The maximum Gasteiger partial charge on any atom is 0.430 e. The molecule has 0 spiro atoms.